The number of aldehydes is 1. The minimum Gasteiger partial charge on any atom is -0.762 e. The number of nitrogens with one attached hydrogen (secondary N) is 1. The third kappa shape index (κ3) is 11.9. The molecular formula is C61H89N2O21-. The predicted octanol–water partition coefficient (Wildman–Crippen LogP) is 5.69. The molecule has 84 heavy (non-hydrogen) atoms. The van der Waals surface area contributed by atoms with Gasteiger partial charge in [-0.3, -0.25) is 14.8 Å². The molecule has 4 aliphatic carbocycles. The number of carbonyl (C=O) groups excluding carboxylic acids is 4. The van der Waals surface area contributed by atoms with Gasteiger partial charge < -0.3 is 88.3 Å². The molecule has 27 unspecified atom stereocenters. The number of aliphatic hydroxyl groups excluding tert-OH is 4. The van der Waals surface area contributed by atoms with Crippen molar-refractivity contribution < 1.29 is 96.9 Å². The van der Waals surface area contributed by atoms with Crippen molar-refractivity contribution in [3.8, 4) is 0 Å². The van der Waals surface area contributed by atoms with E-state index in [1.807, 2.05) is 26.0 Å². The maximum absolute atomic E-state index is 15.5. The number of Topliss-reactive ketones (excluding diaryl/α,β-unsaturated/α-hetero) is 1. The molecule has 1 amide bonds. The monoisotopic (exact) mass is 1190 g/mol. The number of esters is 1. The average Bonchev–Trinajstić information content (AvgIpc) is 2.80. The standard InChI is InChI=1S/C61H89N2O21/c1-27-14-17-42(80-47-25-59(10,63(72)73)54(35(9)79-47)62-58(71)75-13)28(2)19-37-20-36(26-64)31(5)24-61(37)56(69)48(57(70)84-61)55(68)60(11)39(27)16-15-38-49(60)29(3)18-30(4)51(38)82-46-23-43(50(67)32(6)76-46)81-44-22-41(66)53(34(8)78-44)83-45-21-40(65)52(74-12)33(7)77-45/h14-16,19-20,26,29-35,37-47,49-54,65-68,72H,17-18,21-25H2,1-13H3,(H,62,71)/q-1. The van der Waals surface area contributed by atoms with Crippen LogP contribution in [-0.4, -0.2) is 185 Å². The third-order valence-corrected chi connectivity index (χ3v) is 20.2. The molecule has 2 bridgehead atoms. The highest BCUT2D eigenvalue weighted by molar-refractivity contribution is 6.26. The van der Waals surface area contributed by atoms with Crippen molar-refractivity contribution in [2.24, 2.45) is 46.8 Å². The minimum atomic E-state index is -1.86. The van der Waals surface area contributed by atoms with Crippen LogP contribution in [0.5, 0.6) is 0 Å². The number of rotatable bonds is 12. The van der Waals surface area contributed by atoms with Crippen molar-refractivity contribution in [3.05, 3.63) is 63.6 Å². The van der Waals surface area contributed by atoms with Gasteiger partial charge in [0.2, 0.25) is 5.78 Å². The SMILES string of the molecule is COC(=O)NC1C(C)OC(OC2CC=C(C)C3C=CC4C(OC5CC(OC6CC(O)C(OC7CC(O)C(OC)C(C)O7)C(C)O6)C(O)C(C)O5)C(C)CC(C)C4C3(C)C(O)=C3C(=O)OC4(CC(C)C(C=O)=CC4C=C2C)C3=O)CC1(C)N([O-])O. The summed E-state index contributed by atoms with van der Waals surface area (Å²) in [5.74, 6) is -5.36. The van der Waals surface area contributed by atoms with Gasteiger partial charge in [-0.15, -0.1) is 0 Å². The smallest absolute Gasteiger partial charge is 0.407 e. The van der Waals surface area contributed by atoms with Crippen LogP contribution in [0.15, 0.2) is 58.4 Å². The first-order chi connectivity index (χ1) is 39.6. The summed E-state index contributed by atoms with van der Waals surface area (Å²) in [6.07, 6.45) is -2.99. The number of alkyl carbamates (subject to hydrolysis) is 1. The average molecular weight is 1190 g/mol. The first kappa shape index (κ1) is 64.5. The van der Waals surface area contributed by atoms with Crippen molar-refractivity contribution >= 4 is 24.1 Å². The van der Waals surface area contributed by atoms with Crippen molar-refractivity contribution in [2.45, 2.75) is 237 Å². The highest BCUT2D eigenvalue weighted by Crippen LogP contribution is 2.61. The van der Waals surface area contributed by atoms with Crippen molar-refractivity contribution in [1.82, 2.24) is 10.5 Å². The molecule has 5 aliphatic heterocycles. The van der Waals surface area contributed by atoms with E-state index in [1.54, 1.807) is 53.7 Å². The summed E-state index contributed by atoms with van der Waals surface area (Å²) in [4.78, 5) is 55.3. The Balaban J connectivity index is 1.01. The lowest BCUT2D eigenvalue weighted by Crippen LogP contribution is -2.67. The topological polar surface area (TPSA) is 309 Å². The van der Waals surface area contributed by atoms with Gasteiger partial charge in [-0.2, -0.15) is 0 Å². The number of hydrogen-bond acceptors (Lipinski definition) is 22. The van der Waals surface area contributed by atoms with Gasteiger partial charge in [0.25, 0.3) is 0 Å². The second-order valence-electron chi connectivity index (χ2n) is 25.8. The van der Waals surface area contributed by atoms with E-state index in [9.17, 15) is 45.2 Å². The Morgan fingerprint density at radius 1 is 0.762 bits per heavy atom. The van der Waals surface area contributed by atoms with E-state index in [4.69, 9.17) is 52.1 Å². The van der Waals surface area contributed by atoms with Crippen LogP contribution in [0.4, 0.5) is 4.79 Å². The molecule has 1 saturated carbocycles. The van der Waals surface area contributed by atoms with Gasteiger partial charge in [-0.05, 0) is 96.1 Å². The van der Waals surface area contributed by atoms with E-state index in [1.165, 1.54) is 21.1 Å². The number of hydroxylamine groups is 2. The van der Waals surface area contributed by atoms with Crippen molar-refractivity contribution in [2.75, 3.05) is 14.2 Å². The van der Waals surface area contributed by atoms with Crippen LogP contribution in [0.25, 0.3) is 0 Å². The lowest BCUT2D eigenvalue weighted by molar-refractivity contribution is -0.335. The lowest BCUT2D eigenvalue weighted by atomic mass is 9.49. The van der Waals surface area contributed by atoms with Crippen LogP contribution in [0.3, 0.4) is 0 Å². The maximum Gasteiger partial charge on any atom is 0.407 e. The second-order valence-corrected chi connectivity index (χ2v) is 25.8. The summed E-state index contributed by atoms with van der Waals surface area (Å²) >= 11 is 0. The molecular weight excluding hydrogens is 1100 g/mol. The normalized spacial score (nSPS) is 47.3. The molecule has 23 heteroatoms. The van der Waals surface area contributed by atoms with Crippen molar-refractivity contribution in [1.29, 1.82) is 0 Å². The fraction of sp³-hybridized carbons (Fsp3) is 0.770. The van der Waals surface area contributed by atoms with Crippen LogP contribution in [0, 0.1) is 52.0 Å². The predicted molar refractivity (Wildman–Crippen MR) is 297 cm³/mol. The fourth-order valence-electron chi connectivity index (χ4n) is 15.7. The number of fused-ring (bicyclic) bond motifs is 4. The molecule has 0 aromatic heterocycles. The highest BCUT2D eigenvalue weighted by Gasteiger charge is 2.64. The molecule has 1 spiro atoms. The molecule has 5 saturated heterocycles. The largest absolute Gasteiger partial charge is 0.762 e. The summed E-state index contributed by atoms with van der Waals surface area (Å²) in [6.45, 7) is 19.9. The molecule has 0 radical (unpaired) electrons. The molecule has 0 aromatic rings. The Morgan fingerprint density at radius 3 is 2.01 bits per heavy atom. The zero-order valence-electron chi connectivity index (χ0n) is 50.5. The number of methoxy groups -OCH3 is 2. The van der Waals surface area contributed by atoms with E-state index in [0.717, 1.165) is 11.9 Å². The van der Waals surface area contributed by atoms with Crippen molar-refractivity contribution in [3.63, 3.8) is 0 Å². The first-order valence-electron chi connectivity index (χ1n) is 29.8. The van der Waals surface area contributed by atoms with Crippen LogP contribution in [0.1, 0.15) is 121 Å². The van der Waals surface area contributed by atoms with Gasteiger partial charge in [0.15, 0.2) is 30.8 Å². The zero-order valence-corrected chi connectivity index (χ0v) is 50.5. The third-order valence-electron chi connectivity index (χ3n) is 20.2. The number of hydrogen-bond donors (Lipinski definition) is 6. The van der Waals surface area contributed by atoms with E-state index in [-0.39, 0.29) is 55.6 Å². The Morgan fingerprint density at radius 2 is 1.38 bits per heavy atom. The van der Waals surface area contributed by atoms with E-state index in [2.05, 4.69) is 25.2 Å². The molecule has 27 atom stereocenters. The van der Waals surface area contributed by atoms with Gasteiger partial charge in [0.05, 0.1) is 73.6 Å². The van der Waals surface area contributed by atoms with Gasteiger partial charge in [0, 0.05) is 62.4 Å². The molecule has 0 aromatic carbocycles. The van der Waals surface area contributed by atoms with Crippen LogP contribution in [-0.2, 0) is 66.5 Å². The van der Waals surface area contributed by atoms with E-state index < -0.39 is 180 Å². The summed E-state index contributed by atoms with van der Waals surface area (Å²) in [7, 11) is 2.68. The van der Waals surface area contributed by atoms with E-state index in [0.29, 0.717) is 17.6 Å². The number of carbonyl (C=O) groups is 4. The summed E-state index contributed by atoms with van der Waals surface area (Å²) < 4.78 is 67.9. The molecule has 470 valence electrons. The quantitative estimate of drug-likeness (QED) is 0.0449. The molecule has 9 rings (SSSR count). The van der Waals surface area contributed by atoms with Crippen LogP contribution < -0.4 is 5.32 Å². The van der Waals surface area contributed by atoms with Gasteiger partial charge >= 0.3 is 12.1 Å². The number of nitrogens with zero attached hydrogens (tertiary/aromatic N) is 1. The number of aliphatic hydroxyl groups is 4. The summed E-state index contributed by atoms with van der Waals surface area (Å²) in [5.41, 5.74) is -3.59. The Hall–Kier alpha value is -4.02. The molecule has 9 aliphatic rings. The van der Waals surface area contributed by atoms with Crippen LogP contribution in [0.2, 0.25) is 0 Å². The first-order valence-corrected chi connectivity index (χ1v) is 29.8. The lowest BCUT2D eigenvalue weighted by Gasteiger charge is -2.56. The summed E-state index contributed by atoms with van der Waals surface area (Å²) in [5, 5.41) is 72.8. The Labute approximate surface area is 491 Å². The zero-order chi connectivity index (χ0) is 61.2. The maximum atomic E-state index is 15.5. The fourth-order valence-corrected chi connectivity index (χ4v) is 15.7. The molecule has 5 heterocycles. The van der Waals surface area contributed by atoms with Gasteiger partial charge in [-0.25, -0.2) is 9.59 Å². The molecule has 23 nitrogen and oxygen atoms in total. The highest BCUT2D eigenvalue weighted by atomic mass is 16.8. The van der Waals surface area contributed by atoms with Gasteiger partial charge in [-0.1, -0.05) is 63.6 Å². The minimum absolute atomic E-state index is 0.0120. The number of allylic oxidation sites excluding steroid dienone is 4. The number of ketones is 1. The Bertz CT molecular complexity index is 2580. The number of amides is 1. The molecule has 6 fully saturated rings. The van der Waals surface area contributed by atoms with E-state index >= 15 is 4.79 Å². The van der Waals surface area contributed by atoms with Gasteiger partial charge in [0.1, 0.15) is 35.9 Å². The second kappa shape index (κ2) is 25.2. The number of ether oxygens (including phenoxy) is 11. The Kier molecular flexibility index (Phi) is 19.4. The van der Waals surface area contributed by atoms with Crippen LogP contribution >= 0.6 is 0 Å². The molecule has 6 N–H and O–H groups in total. The summed E-state index contributed by atoms with van der Waals surface area (Å²) in [6, 6.07) is -1.03.